The molecule has 0 saturated heterocycles. The van der Waals surface area contributed by atoms with Crippen molar-refractivity contribution in [3.63, 3.8) is 0 Å². The summed E-state index contributed by atoms with van der Waals surface area (Å²) in [5.41, 5.74) is 5.84. The van der Waals surface area contributed by atoms with Gasteiger partial charge in [-0.1, -0.05) is 6.07 Å². The van der Waals surface area contributed by atoms with Gasteiger partial charge in [0.2, 0.25) is 10.0 Å². The van der Waals surface area contributed by atoms with Crippen molar-refractivity contribution in [2.45, 2.75) is 24.8 Å². The minimum Gasteiger partial charge on any atom is -0.329 e. The third kappa shape index (κ3) is 3.41. The van der Waals surface area contributed by atoms with E-state index in [0.29, 0.717) is 5.56 Å². The number of rotatable bonds is 4. The summed E-state index contributed by atoms with van der Waals surface area (Å²) >= 11 is 0. The molecule has 18 heavy (non-hydrogen) atoms. The van der Waals surface area contributed by atoms with E-state index in [-0.39, 0.29) is 29.9 Å². The fourth-order valence-corrected chi connectivity index (χ4v) is 2.67. The summed E-state index contributed by atoms with van der Waals surface area (Å²) < 4.78 is 38.7. The van der Waals surface area contributed by atoms with Crippen molar-refractivity contribution in [3.05, 3.63) is 29.6 Å². The van der Waals surface area contributed by atoms with Gasteiger partial charge in [-0.05, 0) is 31.5 Å². The Bertz CT molecular complexity index is 508. The Morgan fingerprint density at radius 2 is 2.00 bits per heavy atom. The molecular formula is C11H18ClFN2O2S. The fourth-order valence-electron chi connectivity index (χ4n) is 1.29. The lowest BCUT2D eigenvalue weighted by atomic mass is 10.2. The molecule has 0 aliphatic rings. The molecule has 0 aliphatic carbocycles. The quantitative estimate of drug-likeness (QED) is 0.916. The van der Waals surface area contributed by atoms with Crippen molar-refractivity contribution in [2.24, 2.45) is 5.73 Å². The van der Waals surface area contributed by atoms with Gasteiger partial charge in [0.15, 0.2) is 0 Å². The number of nitrogens with zero attached hydrogens (tertiary/aromatic N) is 1. The van der Waals surface area contributed by atoms with Crippen molar-refractivity contribution < 1.29 is 12.8 Å². The van der Waals surface area contributed by atoms with Crippen LogP contribution in [0.2, 0.25) is 0 Å². The highest BCUT2D eigenvalue weighted by atomic mass is 35.5. The van der Waals surface area contributed by atoms with Crippen LogP contribution >= 0.6 is 12.4 Å². The Morgan fingerprint density at radius 1 is 1.44 bits per heavy atom. The average molecular weight is 297 g/mol. The van der Waals surface area contributed by atoms with Crippen LogP contribution < -0.4 is 5.73 Å². The Kier molecular flexibility index (Phi) is 6.22. The minimum atomic E-state index is -3.68. The van der Waals surface area contributed by atoms with Crippen molar-refractivity contribution in [3.8, 4) is 0 Å². The van der Waals surface area contributed by atoms with Gasteiger partial charge in [0, 0.05) is 19.6 Å². The van der Waals surface area contributed by atoms with Gasteiger partial charge in [-0.3, -0.25) is 0 Å². The summed E-state index contributed by atoms with van der Waals surface area (Å²) in [7, 11) is -2.24. The van der Waals surface area contributed by atoms with Crippen LogP contribution in [0.25, 0.3) is 0 Å². The third-order valence-corrected chi connectivity index (χ3v) is 4.75. The Labute approximate surface area is 113 Å². The van der Waals surface area contributed by atoms with Crippen LogP contribution in [0.3, 0.4) is 0 Å². The maximum Gasteiger partial charge on any atom is 0.243 e. The van der Waals surface area contributed by atoms with Gasteiger partial charge in [-0.2, -0.15) is 4.31 Å². The van der Waals surface area contributed by atoms with Gasteiger partial charge in [-0.15, -0.1) is 12.4 Å². The van der Waals surface area contributed by atoms with E-state index in [1.165, 1.54) is 19.2 Å². The summed E-state index contributed by atoms with van der Waals surface area (Å²) in [5.74, 6) is -0.528. The van der Waals surface area contributed by atoms with Crippen LogP contribution in [0.4, 0.5) is 4.39 Å². The molecule has 4 nitrogen and oxygen atoms in total. The summed E-state index contributed by atoms with van der Waals surface area (Å²) in [4.78, 5) is -0.0524. The first kappa shape index (κ1) is 17.3. The van der Waals surface area contributed by atoms with Crippen LogP contribution in [0.15, 0.2) is 23.1 Å². The van der Waals surface area contributed by atoms with E-state index in [4.69, 9.17) is 5.73 Å². The molecule has 1 unspecified atom stereocenters. The van der Waals surface area contributed by atoms with Gasteiger partial charge in [-0.25, -0.2) is 12.8 Å². The molecule has 2 N–H and O–H groups in total. The van der Waals surface area contributed by atoms with Crippen LogP contribution in [0, 0.1) is 12.7 Å². The van der Waals surface area contributed by atoms with E-state index in [1.54, 1.807) is 13.8 Å². The van der Waals surface area contributed by atoms with Crippen LogP contribution in [-0.4, -0.2) is 32.4 Å². The summed E-state index contributed by atoms with van der Waals surface area (Å²) in [6.45, 7) is 3.49. The number of hydrogen-bond donors (Lipinski definition) is 1. The Hall–Kier alpha value is -0.690. The summed E-state index contributed by atoms with van der Waals surface area (Å²) in [6.07, 6.45) is 0. The predicted molar refractivity (Wildman–Crippen MR) is 71.9 cm³/mol. The van der Waals surface area contributed by atoms with Crippen molar-refractivity contribution in [2.75, 3.05) is 13.6 Å². The number of benzene rings is 1. The van der Waals surface area contributed by atoms with Crippen molar-refractivity contribution in [1.29, 1.82) is 0 Å². The number of aryl methyl sites for hydroxylation is 1. The first-order chi connectivity index (χ1) is 7.80. The number of nitrogens with two attached hydrogens (primary N) is 1. The van der Waals surface area contributed by atoms with Crippen molar-refractivity contribution in [1.82, 2.24) is 4.31 Å². The molecule has 1 atom stereocenters. The molecule has 0 fully saturated rings. The molecule has 0 aromatic heterocycles. The molecule has 1 aromatic carbocycles. The monoisotopic (exact) mass is 296 g/mol. The van der Waals surface area contributed by atoms with Gasteiger partial charge in [0.05, 0.1) is 4.90 Å². The Morgan fingerprint density at radius 3 is 2.44 bits per heavy atom. The van der Waals surface area contributed by atoms with Crippen LogP contribution in [-0.2, 0) is 10.0 Å². The molecule has 0 radical (unpaired) electrons. The SMILES string of the molecule is Cc1ccc(S(=O)(=O)N(C)C(C)CN)cc1F.Cl. The van der Waals surface area contributed by atoms with E-state index in [0.717, 1.165) is 10.4 Å². The maximum atomic E-state index is 13.3. The lowest BCUT2D eigenvalue weighted by molar-refractivity contribution is 0.394. The molecule has 0 bridgehead atoms. The van der Waals surface area contributed by atoms with E-state index >= 15 is 0 Å². The number of halogens is 2. The first-order valence-electron chi connectivity index (χ1n) is 5.25. The zero-order chi connectivity index (χ0) is 13.2. The van der Waals surface area contributed by atoms with Crippen LogP contribution in [0.5, 0.6) is 0 Å². The van der Waals surface area contributed by atoms with E-state index < -0.39 is 15.8 Å². The highest BCUT2D eigenvalue weighted by Crippen LogP contribution is 2.18. The molecule has 1 aromatic rings. The molecule has 0 saturated carbocycles. The molecular weight excluding hydrogens is 279 g/mol. The molecule has 0 aliphatic heterocycles. The average Bonchev–Trinajstić information content (AvgIpc) is 2.30. The van der Waals surface area contributed by atoms with E-state index in [1.807, 2.05) is 0 Å². The highest BCUT2D eigenvalue weighted by Gasteiger charge is 2.25. The fraction of sp³-hybridized carbons (Fsp3) is 0.455. The third-order valence-electron chi connectivity index (χ3n) is 2.78. The molecule has 0 amide bonds. The Balaban J connectivity index is 0.00000289. The standard InChI is InChI=1S/C11H17FN2O2S.ClH/c1-8-4-5-10(6-11(8)12)17(15,16)14(3)9(2)7-13;/h4-6,9H,7,13H2,1-3H3;1H. The smallest absolute Gasteiger partial charge is 0.243 e. The second-order valence-corrected chi connectivity index (χ2v) is 6.01. The van der Waals surface area contributed by atoms with Crippen molar-refractivity contribution >= 4 is 22.4 Å². The van der Waals surface area contributed by atoms with E-state index in [9.17, 15) is 12.8 Å². The zero-order valence-corrected chi connectivity index (χ0v) is 12.2. The molecule has 104 valence electrons. The molecule has 0 spiro atoms. The van der Waals surface area contributed by atoms with Gasteiger partial charge in [0.25, 0.3) is 0 Å². The molecule has 7 heteroatoms. The van der Waals surface area contributed by atoms with Gasteiger partial charge >= 0.3 is 0 Å². The minimum absolute atomic E-state index is 0. The van der Waals surface area contributed by atoms with Crippen LogP contribution in [0.1, 0.15) is 12.5 Å². The topological polar surface area (TPSA) is 63.4 Å². The normalized spacial score (nSPS) is 13.2. The lowest BCUT2D eigenvalue weighted by Crippen LogP contribution is -2.39. The second kappa shape index (κ2) is 6.47. The number of hydrogen-bond acceptors (Lipinski definition) is 3. The second-order valence-electron chi connectivity index (χ2n) is 4.02. The predicted octanol–water partition coefficient (Wildman–Crippen LogP) is 1.52. The molecule has 0 heterocycles. The largest absolute Gasteiger partial charge is 0.329 e. The summed E-state index contributed by atoms with van der Waals surface area (Å²) in [5, 5.41) is 0. The summed E-state index contributed by atoms with van der Waals surface area (Å²) in [6, 6.07) is 3.55. The maximum absolute atomic E-state index is 13.3. The van der Waals surface area contributed by atoms with Gasteiger partial charge < -0.3 is 5.73 Å². The number of sulfonamides is 1. The highest BCUT2D eigenvalue weighted by molar-refractivity contribution is 7.89. The first-order valence-corrected chi connectivity index (χ1v) is 6.69. The van der Waals surface area contributed by atoms with Gasteiger partial charge in [0.1, 0.15) is 5.82 Å². The lowest BCUT2D eigenvalue weighted by Gasteiger charge is -2.23. The zero-order valence-electron chi connectivity index (χ0n) is 10.6. The number of likely N-dealkylation sites (N-methyl/N-ethyl adjacent to an activating group) is 1. The van der Waals surface area contributed by atoms with E-state index in [2.05, 4.69) is 0 Å². The molecule has 1 rings (SSSR count).